The second-order valence-corrected chi connectivity index (χ2v) is 7.91. The number of hydrogen-bond acceptors (Lipinski definition) is 5. The van der Waals surface area contributed by atoms with E-state index >= 15 is 0 Å². The third-order valence-corrected chi connectivity index (χ3v) is 6.51. The lowest BCUT2D eigenvalue weighted by Gasteiger charge is -2.40. The van der Waals surface area contributed by atoms with Crippen molar-refractivity contribution in [3.8, 4) is 0 Å². The van der Waals surface area contributed by atoms with E-state index in [2.05, 4.69) is 21.7 Å². The summed E-state index contributed by atoms with van der Waals surface area (Å²) in [6.45, 7) is 6.37. The standard InChI is InChI=1S/C19H26N4O3/c1-3-16-7-17-14(6-13(9-20-17)18(25)21-26)10-22(16)11-19-8-15(19)4-5-23(19)12(2)24/h6,9,15-16,26H,3-5,7-8,10-11H2,1-2H3,(H,21,25)/t15?,16-,19?/m1/s1. The SMILES string of the molecule is CC[C@@H]1Cc2ncc(C(=O)NO)cc2CN1CC12CC1CCN2C(C)=O. The number of carbonyl (C=O) groups is 2. The first-order chi connectivity index (χ1) is 12.5. The fraction of sp³-hybridized carbons (Fsp3) is 0.632. The molecule has 2 unspecified atom stereocenters. The monoisotopic (exact) mass is 358 g/mol. The van der Waals surface area contributed by atoms with Gasteiger partial charge in [0.2, 0.25) is 5.91 Å². The summed E-state index contributed by atoms with van der Waals surface area (Å²) in [6, 6.07) is 2.23. The Kier molecular flexibility index (Phi) is 4.23. The van der Waals surface area contributed by atoms with Crippen LogP contribution in [-0.4, -0.2) is 56.5 Å². The number of rotatable bonds is 4. The summed E-state index contributed by atoms with van der Waals surface area (Å²) in [4.78, 5) is 32.8. The third kappa shape index (κ3) is 2.70. The average Bonchev–Trinajstić information content (AvgIpc) is 3.21. The van der Waals surface area contributed by atoms with Crippen molar-refractivity contribution in [2.45, 2.75) is 57.7 Å². The Balaban J connectivity index is 1.58. The van der Waals surface area contributed by atoms with Gasteiger partial charge in [-0.05, 0) is 36.8 Å². The molecule has 2 amide bonds. The molecule has 7 heteroatoms. The van der Waals surface area contributed by atoms with E-state index < -0.39 is 5.91 Å². The zero-order valence-electron chi connectivity index (χ0n) is 15.4. The lowest BCUT2D eigenvalue weighted by Crippen LogP contribution is -2.51. The van der Waals surface area contributed by atoms with Gasteiger partial charge < -0.3 is 4.90 Å². The first-order valence-electron chi connectivity index (χ1n) is 9.43. The molecule has 3 heterocycles. The summed E-state index contributed by atoms with van der Waals surface area (Å²) < 4.78 is 0. The molecule has 140 valence electrons. The largest absolute Gasteiger partial charge is 0.336 e. The highest BCUT2D eigenvalue weighted by Gasteiger charge is 2.63. The van der Waals surface area contributed by atoms with E-state index in [1.165, 1.54) is 6.20 Å². The van der Waals surface area contributed by atoms with Crippen LogP contribution in [0.1, 0.15) is 54.7 Å². The molecule has 1 aliphatic carbocycles. The molecule has 1 aromatic rings. The van der Waals surface area contributed by atoms with Crippen LogP contribution < -0.4 is 5.48 Å². The van der Waals surface area contributed by atoms with Gasteiger partial charge in [0.1, 0.15) is 0 Å². The Bertz CT molecular complexity index is 752. The molecule has 0 aromatic carbocycles. The van der Waals surface area contributed by atoms with Crippen LogP contribution in [0.3, 0.4) is 0 Å². The molecule has 2 aliphatic heterocycles. The van der Waals surface area contributed by atoms with Crippen LogP contribution in [0.15, 0.2) is 12.3 Å². The fourth-order valence-corrected chi connectivity index (χ4v) is 5.01. The molecule has 7 nitrogen and oxygen atoms in total. The number of amides is 2. The number of nitrogens with zero attached hydrogens (tertiary/aromatic N) is 3. The number of pyridine rings is 1. The first kappa shape index (κ1) is 17.4. The lowest BCUT2D eigenvalue weighted by molar-refractivity contribution is -0.131. The smallest absolute Gasteiger partial charge is 0.276 e. The number of fused-ring (bicyclic) bond motifs is 2. The highest BCUT2D eigenvalue weighted by Crippen LogP contribution is 2.56. The van der Waals surface area contributed by atoms with Crippen molar-refractivity contribution in [3.63, 3.8) is 0 Å². The van der Waals surface area contributed by atoms with Crippen molar-refractivity contribution in [1.82, 2.24) is 20.3 Å². The first-order valence-corrected chi connectivity index (χ1v) is 9.43. The molecule has 1 aromatic heterocycles. The molecule has 2 N–H and O–H groups in total. The quantitative estimate of drug-likeness (QED) is 0.627. The summed E-state index contributed by atoms with van der Waals surface area (Å²) in [5, 5.41) is 8.86. The molecule has 0 spiro atoms. The van der Waals surface area contributed by atoms with Crippen molar-refractivity contribution in [2.24, 2.45) is 5.92 Å². The summed E-state index contributed by atoms with van der Waals surface area (Å²) in [5.41, 5.74) is 4.13. The molecule has 0 bridgehead atoms. The molecule has 3 aliphatic rings. The Hall–Kier alpha value is -1.99. The number of aromatic nitrogens is 1. The van der Waals surface area contributed by atoms with Gasteiger partial charge in [-0.3, -0.25) is 24.7 Å². The topological polar surface area (TPSA) is 85.8 Å². The van der Waals surface area contributed by atoms with E-state index in [-0.39, 0.29) is 11.4 Å². The van der Waals surface area contributed by atoms with Crippen LogP contribution in [0.2, 0.25) is 0 Å². The van der Waals surface area contributed by atoms with Crippen LogP contribution in [0.4, 0.5) is 0 Å². The molecule has 0 radical (unpaired) electrons. The minimum absolute atomic E-state index is 0.0181. The highest BCUT2D eigenvalue weighted by molar-refractivity contribution is 5.93. The lowest BCUT2D eigenvalue weighted by atomic mass is 9.94. The average molecular weight is 358 g/mol. The maximum absolute atomic E-state index is 12.1. The second kappa shape index (κ2) is 6.32. The van der Waals surface area contributed by atoms with E-state index in [0.717, 1.165) is 56.6 Å². The van der Waals surface area contributed by atoms with Crippen LogP contribution in [0.25, 0.3) is 0 Å². The minimum Gasteiger partial charge on any atom is -0.336 e. The maximum Gasteiger partial charge on any atom is 0.276 e. The number of hydroxylamine groups is 1. The summed E-state index contributed by atoms with van der Waals surface area (Å²) in [7, 11) is 0. The van der Waals surface area contributed by atoms with Crippen LogP contribution in [0.5, 0.6) is 0 Å². The van der Waals surface area contributed by atoms with Gasteiger partial charge in [-0.25, -0.2) is 5.48 Å². The Morgan fingerprint density at radius 2 is 2.27 bits per heavy atom. The van der Waals surface area contributed by atoms with Crippen LogP contribution in [-0.2, 0) is 17.8 Å². The zero-order chi connectivity index (χ0) is 18.5. The number of carbonyl (C=O) groups excluding carboxylic acids is 2. The van der Waals surface area contributed by atoms with Gasteiger partial charge in [0.15, 0.2) is 0 Å². The normalized spacial score (nSPS) is 29.9. The molecule has 1 saturated carbocycles. The van der Waals surface area contributed by atoms with Crippen molar-refractivity contribution >= 4 is 11.8 Å². The van der Waals surface area contributed by atoms with Gasteiger partial charge in [0.25, 0.3) is 5.91 Å². The van der Waals surface area contributed by atoms with Gasteiger partial charge in [0, 0.05) is 50.9 Å². The van der Waals surface area contributed by atoms with Gasteiger partial charge in [-0.2, -0.15) is 0 Å². The Morgan fingerprint density at radius 1 is 1.46 bits per heavy atom. The predicted octanol–water partition coefficient (Wildman–Crippen LogP) is 1.35. The summed E-state index contributed by atoms with van der Waals surface area (Å²) >= 11 is 0. The molecule has 1 saturated heterocycles. The third-order valence-electron chi connectivity index (χ3n) is 6.51. The van der Waals surface area contributed by atoms with Gasteiger partial charge in [-0.15, -0.1) is 0 Å². The number of hydrogen-bond donors (Lipinski definition) is 2. The van der Waals surface area contributed by atoms with E-state index in [1.807, 2.05) is 6.07 Å². The summed E-state index contributed by atoms with van der Waals surface area (Å²) in [6.07, 6.45) is 5.63. The second-order valence-electron chi connectivity index (χ2n) is 7.91. The maximum atomic E-state index is 12.1. The van der Waals surface area contributed by atoms with Crippen molar-refractivity contribution in [1.29, 1.82) is 0 Å². The van der Waals surface area contributed by atoms with E-state index in [1.54, 1.807) is 12.4 Å². The fourth-order valence-electron chi connectivity index (χ4n) is 5.01. The van der Waals surface area contributed by atoms with Crippen molar-refractivity contribution in [2.75, 3.05) is 13.1 Å². The van der Waals surface area contributed by atoms with E-state index in [9.17, 15) is 9.59 Å². The van der Waals surface area contributed by atoms with Gasteiger partial charge in [-0.1, -0.05) is 6.92 Å². The van der Waals surface area contributed by atoms with Crippen LogP contribution in [0, 0.1) is 5.92 Å². The van der Waals surface area contributed by atoms with Gasteiger partial charge >= 0.3 is 0 Å². The van der Waals surface area contributed by atoms with Crippen molar-refractivity contribution in [3.05, 3.63) is 29.1 Å². The van der Waals surface area contributed by atoms with E-state index in [0.29, 0.717) is 17.5 Å². The minimum atomic E-state index is -0.538. The predicted molar refractivity (Wildman–Crippen MR) is 94.5 cm³/mol. The van der Waals surface area contributed by atoms with E-state index in [4.69, 9.17) is 5.21 Å². The molecule has 4 rings (SSSR count). The van der Waals surface area contributed by atoms with Gasteiger partial charge in [0.05, 0.1) is 11.1 Å². The molecule has 2 fully saturated rings. The molecular weight excluding hydrogens is 332 g/mol. The molecule has 26 heavy (non-hydrogen) atoms. The molecule has 3 atom stereocenters. The molecular formula is C19H26N4O3. The Morgan fingerprint density at radius 3 is 2.92 bits per heavy atom. The van der Waals surface area contributed by atoms with Crippen molar-refractivity contribution < 1.29 is 14.8 Å². The summed E-state index contributed by atoms with van der Waals surface area (Å²) in [5.74, 6) is 0.276. The van der Waals surface area contributed by atoms with Crippen LogP contribution >= 0.6 is 0 Å². The number of piperidine rings is 1. The highest BCUT2D eigenvalue weighted by atomic mass is 16.5. The Labute approximate surface area is 153 Å². The number of likely N-dealkylation sites (tertiary alicyclic amines) is 1. The number of nitrogens with one attached hydrogen (secondary N) is 1. The zero-order valence-corrected chi connectivity index (χ0v) is 15.4.